The Morgan fingerprint density at radius 2 is 0.452 bits per heavy atom. The van der Waals surface area contributed by atoms with Crippen LogP contribution in [-0.2, 0) is 10.8 Å². The van der Waals surface area contributed by atoms with Crippen LogP contribution in [0.4, 0.5) is 0 Å². The van der Waals surface area contributed by atoms with Crippen LogP contribution in [0.1, 0.15) is 49.9 Å². The molecule has 0 spiro atoms. The summed E-state index contributed by atoms with van der Waals surface area (Å²) in [6, 6.07) is 94.7. The largest absolute Gasteiger partial charge is 0.208 e. The van der Waals surface area contributed by atoms with Gasteiger partial charge in [0, 0.05) is 44.2 Å². The van der Waals surface area contributed by atoms with Crippen molar-refractivity contribution in [3.8, 4) is 135 Å². The molecule has 0 aliphatic heterocycles. The van der Waals surface area contributed by atoms with Gasteiger partial charge in [0.05, 0.1) is 0 Å². The Hall–Kier alpha value is -10.6. The average molecular weight is 1080 g/mol. The minimum atomic E-state index is -0.198. The second-order valence-corrected chi connectivity index (χ2v) is 23.1. The van der Waals surface area contributed by atoms with Crippen molar-refractivity contribution in [3.63, 3.8) is 0 Å². The Bertz CT molecular complexity index is 4630. The second-order valence-electron chi connectivity index (χ2n) is 23.1. The third-order valence-corrected chi connectivity index (χ3v) is 17.2. The molecule has 2 aliphatic rings. The number of nitrogens with zero attached hydrogens (tertiary/aromatic N) is 6. The van der Waals surface area contributed by atoms with Crippen molar-refractivity contribution in [2.45, 2.75) is 38.5 Å². The summed E-state index contributed by atoms with van der Waals surface area (Å²) < 4.78 is 0. The van der Waals surface area contributed by atoms with E-state index in [9.17, 15) is 0 Å². The first-order chi connectivity index (χ1) is 41.1. The third kappa shape index (κ3) is 8.91. The van der Waals surface area contributed by atoms with Crippen molar-refractivity contribution in [2.24, 2.45) is 0 Å². The number of benzene rings is 11. The van der Waals surface area contributed by atoms with Crippen LogP contribution >= 0.6 is 0 Å². The van der Waals surface area contributed by atoms with Gasteiger partial charge in [0.2, 0.25) is 0 Å². The Labute approximate surface area is 490 Å². The van der Waals surface area contributed by atoms with Gasteiger partial charge in [-0.3, -0.25) is 0 Å². The molecular formula is C78H56N6. The van der Waals surface area contributed by atoms with Gasteiger partial charge in [-0.1, -0.05) is 264 Å². The van der Waals surface area contributed by atoms with Crippen molar-refractivity contribution >= 4 is 0 Å². The van der Waals surface area contributed by atoms with Crippen LogP contribution in [-0.4, -0.2) is 29.9 Å². The summed E-state index contributed by atoms with van der Waals surface area (Å²) in [5, 5.41) is 0. The summed E-state index contributed by atoms with van der Waals surface area (Å²) in [5.74, 6) is 3.80. The first-order valence-corrected chi connectivity index (χ1v) is 28.7. The second kappa shape index (κ2) is 20.2. The molecule has 2 aromatic heterocycles. The van der Waals surface area contributed by atoms with Crippen molar-refractivity contribution in [1.29, 1.82) is 0 Å². The number of rotatable bonds is 10. The Kier molecular flexibility index (Phi) is 12.1. The third-order valence-electron chi connectivity index (χ3n) is 17.2. The van der Waals surface area contributed by atoms with Crippen LogP contribution in [0.5, 0.6) is 0 Å². The fraction of sp³-hybridized carbons (Fsp3) is 0.0769. The van der Waals surface area contributed by atoms with Gasteiger partial charge in [-0.15, -0.1) is 0 Å². The summed E-state index contributed by atoms with van der Waals surface area (Å²) >= 11 is 0. The van der Waals surface area contributed by atoms with Crippen LogP contribution < -0.4 is 0 Å². The molecule has 15 rings (SSSR count). The van der Waals surface area contributed by atoms with E-state index in [2.05, 4.69) is 216 Å². The molecule has 13 aromatic rings. The molecule has 0 N–H and O–H groups in total. The van der Waals surface area contributed by atoms with Crippen LogP contribution in [0.15, 0.2) is 267 Å². The van der Waals surface area contributed by atoms with E-state index < -0.39 is 0 Å². The molecule has 0 saturated heterocycles. The van der Waals surface area contributed by atoms with Gasteiger partial charge in [0.1, 0.15) is 0 Å². The molecule has 398 valence electrons. The highest BCUT2D eigenvalue weighted by Gasteiger charge is 2.37. The molecule has 84 heavy (non-hydrogen) atoms. The molecule has 0 saturated carbocycles. The maximum Gasteiger partial charge on any atom is 0.164 e. The predicted molar refractivity (Wildman–Crippen MR) is 343 cm³/mol. The minimum Gasteiger partial charge on any atom is -0.208 e. The monoisotopic (exact) mass is 1080 g/mol. The molecule has 0 bridgehead atoms. The first-order valence-electron chi connectivity index (χ1n) is 28.7. The number of fused-ring (bicyclic) bond motifs is 6. The molecule has 0 fully saturated rings. The highest BCUT2D eigenvalue weighted by Crippen LogP contribution is 2.52. The first kappa shape index (κ1) is 50.4. The smallest absolute Gasteiger partial charge is 0.164 e. The highest BCUT2D eigenvalue weighted by atomic mass is 15.0. The predicted octanol–water partition coefficient (Wildman–Crippen LogP) is 19.3. The van der Waals surface area contributed by atoms with E-state index in [0.29, 0.717) is 34.9 Å². The van der Waals surface area contributed by atoms with Gasteiger partial charge < -0.3 is 0 Å². The Morgan fingerprint density at radius 1 is 0.179 bits per heavy atom. The van der Waals surface area contributed by atoms with Gasteiger partial charge in [0.15, 0.2) is 34.9 Å². The lowest BCUT2D eigenvalue weighted by Crippen LogP contribution is -2.15. The van der Waals surface area contributed by atoms with E-state index in [-0.39, 0.29) is 10.8 Å². The molecule has 6 nitrogen and oxygen atoms in total. The summed E-state index contributed by atoms with van der Waals surface area (Å²) in [7, 11) is 0. The average Bonchev–Trinajstić information content (AvgIpc) is 2.17. The lowest BCUT2D eigenvalue weighted by Gasteiger charge is -2.22. The number of aromatic nitrogens is 6. The van der Waals surface area contributed by atoms with Gasteiger partial charge in [-0.25, -0.2) is 29.9 Å². The molecule has 0 atom stereocenters. The van der Waals surface area contributed by atoms with E-state index in [1.807, 2.05) is 78.9 Å². The molecular weight excluding hydrogens is 1020 g/mol. The van der Waals surface area contributed by atoms with Crippen LogP contribution in [0.2, 0.25) is 0 Å². The zero-order valence-electron chi connectivity index (χ0n) is 47.1. The fourth-order valence-electron chi connectivity index (χ4n) is 12.6. The Morgan fingerprint density at radius 3 is 0.917 bits per heavy atom. The summed E-state index contributed by atoms with van der Waals surface area (Å²) in [6.45, 7) is 9.33. The minimum absolute atomic E-state index is 0.0323. The maximum absolute atomic E-state index is 5.20. The SMILES string of the molecule is CC1(C)c2ccccc2-c2cc(-c3cccc(-c4cccc(-c5nc(-c6ccccc6)nc(-c6ccc(-c7ccc8c(c7)C(C)(C)c7ccc(-c9ccc(-c%10nc(-c%11ccccc%11)nc(-c%11ccccc%11)n%10)cc9)cc7-8)cc6)n5)c4)c3)ccc21. The number of hydrogen-bond acceptors (Lipinski definition) is 6. The van der Waals surface area contributed by atoms with Crippen LogP contribution in [0, 0.1) is 0 Å². The zero-order valence-corrected chi connectivity index (χ0v) is 47.1. The van der Waals surface area contributed by atoms with E-state index in [1.54, 1.807) is 0 Å². The van der Waals surface area contributed by atoms with E-state index >= 15 is 0 Å². The standard InChI is InChI=1S/C78H56N6/c1-77(2)67-29-15-14-28-63(67)65-47-60(40-43-68(65)77)57-25-16-24-56(44-57)58-26-17-27-62(45-58)76-83-73(53-22-12-7-13-23-53)82-75(84-76)55-36-32-50(33-37-55)61-38-41-64-66-46-59(39-42-69(66)78(3,4)70(64)48-61)49-30-34-54(35-31-49)74-80-71(51-18-8-5-9-19-51)79-72(81-74)52-20-10-6-11-21-52/h5-48H,1-4H3. The molecule has 0 radical (unpaired) electrons. The van der Waals surface area contributed by atoms with Crippen molar-refractivity contribution in [3.05, 3.63) is 289 Å². The molecule has 0 amide bonds. The summed E-state index contributed by atoms with van der Waals surface area (Å²) in [5.41, 5.74) is 25.1. The van der Waals surface area contributed by atoms with Crippen molar-refractivity contribution < 1.29 is 0 Å². The lowest BCUT2D eigenvalue weighted by molar-refractivity contribution is 0.660. The summed E-state index contributed by atoms with van der Waals surface area (Å²) in [4.78, 5) is 30.2. The van der Waals surface area contributed by atoms with Crippen molar-refractivity contribution in [2.75, 3.05) is 0 Å². The molecule has 2 aliphatic carbocycles. The maximum atomic E-state index is 5.20. The molecule has 0 unspecified atom stereocenters. The summed E-state index contributed by atoms with van der Waals surface area (Å²) in [6.07, 6.45) is 0. The van der Waals surface area contributed by atoms with E-state index in [1.165, 1.54) is 55.6 Å². The fourth-order valence-corrected chi connectivity index (χ4v) is 12.6. The zero-order chi connectivity index (χ0) is 56.5. The Balaban J connectivity index is 0.707. The van der Waals surface area contributed by atoms with Crippen molar-refractivity contribution in [1.82, 2.24) is 29.9 Å². The van der Waals surface area contributed by atoms with Crippen LogP contribution in [0.3, 0.4) is 0 Å². The van der Waals surface area contributed by atoms with Gasteiger partial charge in [0.25, 0.3) is 0 Å². The highest BCUT2D eigenvalue weighted by molar-refractivity contribution is 5.88. The molecule has 2 heterocycles. The normalized spacial score (nSPS) is 13.2. The lowest BCUT2D eigenvalue weighted by atomic mass is 9.81. The topological polar surface area (TPSA) is 77.3 Å². The van der Waals surface area contributed by atoms with E-state index in [0.717, 1.165) is 66.8 Å². The quantitative estimate of drug-likeness (QED) is 0.136. The molecule has 6 heteroatoms. The van der Waals surface area contributed by atoms with E-state index in [4.69, 9.17) is 29.9 Å². The van der Waals surface area contributed by atoms with Crippen LogP contribution in [0.25, 0.3) is 135 Å². The molecule has 11 aromatic carbocycles. The van der Waals surface area contributed by atoms with Gasteiger partial charge in [-0.2, -0.15) is 0 Å². The van der Waals surface area contributed by atoms with Gasteiger partial charge >= 0.3 is 0 Å². The van der Waals surface area contributed by atoms with Gasteiger partial charge in [-0.05, 0) is 119 Å². The number of hydrogen-bond donors (Lipinski definition) is 0.